The lowest BCUT2D eigenvalue weighted by Gasteiger charge is -2.01. The zero-order chi connectivity index (χ0) is 16.5. The van der Waals surface area contributed by atoms with Crippen molar-refractivity contribution in [3.8, 4) is 11.5 Å². The van der Waals surface area contributed by atoms with Crippen LogP contribution in [0, 0.1) is 6.92 Å². The molecular weight excluding hydrogens is 308 g/mol. The minimum atomic E-state index is -0.316. The fraction of sp³-hybridized carbons (Fsp3) is 0.118. The van der Waals surface area contributed by atoms with Gasteiger partial charge in [-0.2, -0.15) is 5.10 Å². The molecular formula is C17H14N4O3. The number of carbonyl (C=O) groups is 1. The summed E-state index contributed by atoms with van der Waals surface area (Å²) in [5.41, 5.74) is 5.17. The van der Waals surface area contributed by atoms with Gasteiger partial charge < -0.3 is 9.47 Å². The molecule has 0 aliphatic carbocycles. The van der Waals surface area contributed by atoms with E-state index < -0.39 is 0 Å². The largest absolute Gasteiger partial charge is 0.454 e. The van der Waals surface area contributed by atoms with Gasteiger partial charge in [-0.05, 0) is 42.8 Å². The Hall–Kier alpha value is -3.35. The molecule has 24 heavy (non-hydrogen) atoms. The molecule has 3 aromatic rings. The summed E-state index contributed by atoms with van der Waals surface area (Å²) in [5.74, 6) is 1.06. The third-order valence-corrected chi connectivity index (χ3v) is 3.70. The molecule has 0 radical (unpaired) electrons. The summed E-state index contributed by atoms with van der Waals surface area (Å²) < 4.78 is 12.3. The summed E-state index contributed by atoms with van der Waals surface area (Å²) >= 11 is 0. The van der Waals surface area contributed by atoms with E-state index >= 15 is 0 Å². The Morgan fingerprint density at radius 2 is 2.17 bits per heavy atom. The van der Waals surface area contributed by atoms with Crippen molar-refractivity contribution < 1.29 is 14.3 Å². The van der Waals surface area contributed by atoms with Gasteiger partial charge in [0, 0.05) is 6.20 Å². The molecule has 0 saturated carbocycles. The average molecular weight is 322 g/mol. The number of hydrazone groups is 1. The van der Waals surface area contributed by atoms with E-state index in [0.717, 1.165) is 11.2 Å². The van der Waals surface area contributed by atoms with Gasteiger partial charge in [-0.25, -0.2) is 10.4 Å². The third-order valence-electron chi connectivity index (χ3n) is 3.70. The van der Waals surface area contributed by atoms with Crippen LogP contribution in [0.25, 0.3) is 5.65 Å². The van der Waals surface area contributed by atoms with Crippen molar-refractivity contribution in [2.75, 3.05) is 6.79 Å². The van der Waals surface area contributed by atoms with Crippen LogP contribution in [0.2, 0.25) is 0 Å². The highest BCUT2D eigenvalue weighted by Crippen LogP contribution is 2.31. The van der Waals surface area contributed by atoms with E-state index in [0.29, 0.717) is 22.9 Å². The summed E-state index contributed by atoms with van der Waals surface area (Å²) in [6.45, 7) is 2.02. The number of nitrogens with zero attached hydrogens (tertiary/aromatic N) is 3. The number of aryl methyl sites for hydroxylation is 1. The standard InChI is InChI=1S/C17H14N4O3/c1-11-16(21-7-3-2-4-15(21)19-11)17(22)20-18-9-12-5-6-13-14(8-12)24-10-23-13/h2-9H,10H2,1H3,(H,20,22)/b18-9+. The van der Waals surface area contributed by atoms with Gasteiger partial charge in [0.15, 0.2) is 11.5 Å². The summed E-state index contributed by atoms with van der Waals surface area (Å²) in [6, 6.07) is 11.0. The van der Waals surface area contributed by atoms with Crippen LogP contribution in [0.5, 0.6) is 11.5 Å². The molecule has 0 spiro atoms. The molecule has 7 nitrogen and oxygen atoms in total. The zero-order valence-corrected chi connectivity index (χ0v) is 12.9. The quantitative estimate of drug-likeness (QED) is 0.592. The minimum absolute atomic E-state index is 0.222. The van der Waals surface area contributed by atoms with E-state index in [1.165, 1.54) is 0 Å². The van der Waals surface area contributed by atoms with Gasteiger partial charge >= 0.3 is 0 Å². The first-order valence-corrected chi connectivity index (χ1v) is 7.39. The molecule has 1 aliphatic rings. The van der Waals surface area contributed by atoms with E-state index in [1.54, 1.807) is 35.9 Å². The monoisotopic (exact) mass is 322 g/mol. The number of imidazole rings is 1. The Morgan fingerprint density at radius 3 is 3.08 bits per heavy atom. The van der Waals surface area contributed by atoms with Gasteiger partial charge in [-0.3, -0.25) is 9.20 Å². The predicted octanol–water partition coefficient (Wildman–Crippen LogP) is 2.14. The molecule has 1 aliphatic heterocycles. The van der Waals surface area contributed by atoms with E-state index in [4.69, 9.17) is 9.47 Å². The van der Waals surface area contributed by atoms with Gasteiger partial charge in [-0.15, -0.1) is 0 Å². The average Bonchev–Trinajstić information content (AvgIpc) is 3.17. The van der Waals surface area contributed by atoms with E-state index in [-0.39, 0.29) is 12.7 Å². The van der Waals surface area contributed by atoms with E-state index in [1.807, 2.05) is 24.3 Å². The molecule has 2 aromatic heterocycles. The second-order valence-corrected chi connectivity index (χ2v) is 5.29. The van der Waals surface area contributed by atoms with Crippen LogP contribution in [0.3, 0.4) is 0 Å². The van der Waals surface area contributed by atoms with Crippen LogP contribution in [0.1, 0.15) is 21.7 Å². The number of hydrogen-bond acceptors (Lipinski definition) is 5. The summed E-state index contributed by atoms with van der Waals surface area (Å²) in [4.78, 5) is 16.7. The Labute approximate surface area is 137 Å². The van der Waals surface area contributed by atoms with Crippen molar-refractivity contribution in [1.29, 1.82) is 0 Å². The van der Waals surface area contributed by atoms with Crippen LogP contribution in [-0.2, 0) is 0 Å². The molecule has 0 fully saturated rings. The highest BCUT2D eigenvalue weighted by molar-refractivity contribution is 5.95. The van der Waals surface area contributed by atoms with Gasteiger partial charge in [0.1, 0.15) is 11.3 Å². The molecule has 1 N–H and O–H groups in total. The first-order valence-electron chi connectivity index (χ1n) is 7.39. The van der Waals surface area contributed by atoms with Crippen molar-refractivity contribution in [3.05, 3.63) is 59.5 Å². The van der Waals surface area contributed by atoms with Crippen LogP contribution in [0.15, 0.2) is 47.7 Å². The number of hydrogen-bond donors (Lipinski definition) is 1. The minimum Gasteiger partial charge on any atom is -0.454 e. The lowest BCUT2D eigenvalue weighted by molar-refractivity contribution is 0.0948. The second-order valence-electron chi connectivity index (χ2n) is 5.29. The van der Waals surface area contributed by atoms with E-state index in [2.05, 4.69) is 15.5 Å². The number of pyridine rings is 1. The number of carbonyl (C=O) groups excluding carboxylic acids is 1. The predicted molar refractivity (Wildman–Crippen MR) is 87.6 cm³/mol. The SMILES string of the molecule is Cc1nc2ccccn2c1C(=O)N/N=C/c1ccc2c(c1)OCO2. The number of ether oxygens (including phenoxy) is 2. The van der Waals surface area contributed by atoms with Crippen LogP contribution < -0.4 is 14.9 Å². The molecule has 3 heterocycles. The van der Waals surface area contributed by atoms with Crippen molar-refractivity contribution >= 4 is 17.8 Å². The Morgan fingerprint density at radius 1 is 1.29 bits per heavy atom. The summed E-state index contributed by atoms with van der Waals surface area (Å²) in [6.07, 6.45) is 3.35. The Kier molecular flexibility index (Phi) is 3.38. The third kappa shape index (κ3) is 2.45. The molecule has 0 atom stereocenters. The maximum atomic E-state index is 12.4. The maximum absolute atomic E-state index is 12.4. The van der Waals surface area contributed by atoms with Gasteiger partial charge in [0.2, 0.25) is 6.79 Å². The van der Waals surface area contributed by atoms with Gasteiger partial charge in [0.25, 0.3) is 5.91 Å². The lowest BCUT2D eigenvalue weighted by Crippen LogP contribution is -2.20. The first-order chi connectivity index (χ1) is 11.7. The Balaban J connectivity index is 1.53. The fourth-order valence-electron chi connectivity index (χ4n) is 2.60. The second kappa shape index (κ2) is 5.69. The molecule has 0 unspecified atom stereocenters. The number of fused-ring (bicyclic) bond motifs is 2. The van der Waals surface area contributed by atoms with Crippen molar-refractivity contribution in [3.63, 3.8) is 0 Å². The normalized spacial score (nSPS) is 12.9. The zero-order valence-electron chi connectivity index (χ0n) is 12.9. The summed E-state index contributed by atoms with van der Waals surface area (Å²) in [5, 5.41) is 4.01. The maximum Gasteiger partial charge on any atom is 0.290 e. The van der Waals surface area contributed by atoms with Crippen molar-refractivity contribution in [2.45, 2.75) is 6.92 Å². The number of rotatable bonds is 3. The van der Waals surface area contributed by atoms with Crippen LogP contribution in [0.4, 0.5) is 0 Å². The van der Waals surface area contributed by atoms with Crippen LogP contribution >= 0.6 is 0 Å². The van der Waals surface area contributed by atoms with Gasteiger partial charge in [-0.1, -0.05) is 6.07 Å². The highest BCUT2D eigenvalue weighted by atomic mass is 16.7. The number of benzene rings is 1. The molecule has 1 amide bonds. The van der Waals surface area contributed by atoms with Crippen LogP contribution in [-0.4, -0.2) is 28.3 Å². The van der Waals surface area contributed by atoms with Crippen molar-refractivity contribution in [2.24, 2.45) is 5.10 Å². The molecule has 0 bridgehead atoms. The first kappa shape index (κ1) is 14.3. The molecule has 7 heteroatoms. The van der Waals surface area contributed by atoms with Gasteiger partial charge in [0.05, 0.1) is 11.9 Å². The highest BCUT2D eigenvalue weighted by Gasteiger charge is 2.16. The summed E-state index contributed by atoms with van der Waals surface area (Å²) in [7, 11) is 0. The number of nitrogens with one attached hydrogen (secondary N) is 1. The number of amides is 1. The smallest absolute Gasteiger partial charge is 0.290 e. The topological polar surface area (TPSA) is 77.2 Å². The molecule has 1 aromatic carbocycles. The van der Waals surface area contributed by atoms with Crippen molar-refractivity contribution in [1.82, 2.24) is 14.8 Å². The molecule has 120 valence electrons. The number of aromatic nitrogens is 2. The van der Waals surface area contributed by atoms with E-state index in [9.17, 15) is 4.79 Å². The Bertz CT molecular complexity index is 962. The molecule has 0 saturated heterocycles. The lowest BCUT2D eigenvalue weighted by atomic mass is 10.2. The fourth-order valence-corrected chi connectivity index (χ4v) is 2.60. The molecule has 4 rings (SSSR count).